The van der Waals surface area contributed by atoms with Gasteiger partial charge < -0.3 is 4.74 Å². The third-order valence-corrected chi connectivity index (χ3v) is 1.64. The lowest BCUT2D eigenvalue weighted by Gasteiger charge is -2.16. The first-order valence-corrected chi connectivity index (χ1v) is 4.23. The van der Waals surface area contributed by atoms with Crippen LogP contribution in [-0.2, 0) is 4.74 Å². The molecule has 0 heterocycles. The maximum Gasteiger partial charge on any atom is 0.0610 e. The average Bonchev–Trinajstić information content (AvgIpc) is 1.84. The van der Waals surface area contributed by atoms with Gasteiger partial charge in [-0.2, -0.15) is 0 Å². The molecule has 0 saturated heterocycles. The van der Waals surface area contributed by atoms with Crippen LogP contribution in [0.2, 0.25) is 0 Å². The van der Waals surface area contributed by atoms with E-state index in [1.807, 2.05) is 6.92 Å². The van der Waals surface area contributed by atoms with E-state index < -0.39 is 0 Å². The first kappa shape index (κ1) is 10.7. The molecule has 0 saturated carbocycles. The topological polar surface area (TPSA) is 9.23 Å². The van der Waals surface area contributed by atoms with Crippen molar-refractivity contribution in [1.29, 1.82) is 0 Å². The van der Waals surface area contributed by atoms with Gasteiger partial charge in [-0.25, -0.2) is 0 Å². The zero-order chi connectivity index (χ0) is 8.85. The van der Waals surface area contributed by atoms with Gasteiger partial charge in [0.25, 0.3) is 0 Å². The van der Waals surface area contributed by atoms with Gasteiger partial charge in [0.2, 0.25) is 0 Å². The molecule has 0 aliphatic heterocycles. The molecule has 0 spiro atoms. The SMILES string of the molecule is C=C(C)CC(CC(C)C)OC. The predicted octanol–water partition coefficient (Wildman–Crippen LogP) is 3.01. The van der Waals surface area contributed by atoms with Crippen LogP contribution in [-0.4, -0.2) is 13.2 Å². The molecule has 0 fully saturated rings. The molecule has 11 heavy (non-hydrogen) atoms. The highest BCUT2D eigenvalue weighted by molar-refractivity contribution is 4.90. The Morgan fingerprint density at radius 2 is 2.00 bits per heavy atom. The lowest BCUT2D eigenvalue weighted by molar-refractivity contribution is 0.0849. The van der Waals surface area contributed by atoms with Crippen LogP contribution in [0.15, 0.2) is 12.2 Å². The second-order valence-corrected chi connectivity index (χ2v) is 3.65. The van der Waals surface area contributed by atoms with Crippen molar-refractivity contribution in [3.8, 4) is 0 Å². The van der Waals surface area contributed by atoms with Gasteiger partial charge in [-0.15, -0.1) is 6.58 Å². The van der Waals surface area contributed by atoms with Crippen LogP contribution in [0.3, 0.4) is 0 Å². The average molecular weight is 156 g/mol. The van der Waals surface area contributed by atoms with E-state index in [4.69, 9.17) is 4.74 Å². The summed E-state index contributed by atoms with van der Waals surface area (Å²) in [5.74, 6) is 0.708. The minimum atomic E-state index is 0.368. The van der Waals surface area contributed by atoms with E-state index in [9.17, 15) is 0 Å². The van der Waals surface area contributed by atoms with Crippen LogP contribution in [0, 0.1) is 5.92 Å². The van der Waals surface area contributed by atoms with Crippen molar-refractivity contribution in [2.24, 2.45) is 5.92 Å². The Labute approximate surface area is 70.4 Å². The van der Waals surface area contributed by atoms with Gasteiger partial charge in [-0.1, -0.05) is 19.4 Å². The Kier molecular flexibility index (Phi) is 5.22. The lowest BCUT2D eigenvalue weighted by Crippen LogP contribution is -2.13. The fraction of sp³-hybridized carbons (Fsp3) is 0.800. The largest absolute Gasteiger partial charge is 0.381 e. The molecule has 1 unspecified atom stereocenters. The Morgan fingerprint density at radius 3 is 2.27 bits per heavy atom. The summed E-state index contributed by atoms with van der Waals surface area (Å²) in [5.41, 5.74) is 1.21. The summed E-state index contributed by atoms with van der Waals surface area (Å²) in [6.45, 7) is 10.3. The first-order chi connectivity index (χ1) is 5.06. The molecule has 66 valence electrons. The molecule has 0 amide bonds. The Balaban J connectivity index is 3.66. The van der Waals surface area contributed by atoms with E-state index in [1.54, 1.807) is 7.11 Å². The second-order valence-electron chi connectivity index (χ2n) is 3.65. The van der Waals surface area contributed by atoms with Crippen molar-refractivity contribution in [1.82, 2.24) is 0 Å². The molecule has 1 nitrogen and oxygen atoms in total. The summed E-state index contributed by atoms with van der Waals surface area (Å²) in [6.07, 6.45) is 2.49. The fourth-order valence-corrected chi connectivity index (χ4v) is 1.18. The van der Waals surface area contributed by atoms with Crippen LogP contribution in [0.25, 0.3) is 0 Å². The van der Waals surface area contributed by atoms with Crippen LogP contribution in [0.1, 0.15) is 33.6 Å². The third-order valence-electron chi connectivity index (χ3n) is 1.64. The van der Waals surface area contributed by atoms with Crippen LogP contribution in [0.5, 0.6) is 0 Å². The van der Waals surface area contributed by atoms with Crippen LogP contribution >= 0.6 is 0 Å². The van der Waals surface area contributed by atoms with Gasteiger partial charge in [0.1, 0.15) is 0 Å². The van der Waals surface area contributed by atoms with Crippen molar-refractivity contribution in [2.75, 3.05) is 7.11 Å². The summed E-state index contributed by atoms with van der Waals surface area (Å²) in [7, 11) is 1.77. The molecular weight excluding hydrogens is 136 g/mol. The number of rotatable bonds is 5. The molecule has 0 bridgehead atoms. The number of ether oxygens (including phenoxy) is 1. The molecule has 0 N–H and O–H groups in total. The van der Waals surface area contributed by atoms with Crippen molar-refractivity contribution in [2.45, 2.75) is 39.7 Å². The highest BCUT2D eigenvalue weighted by Crippen LogP contribution is 2.14. The zero-order valence-electron chi connectivity index (χ0n) is 8.18. The maximum atomic E-state index is 5.31. The highest BCUT2D eigenvalue weighted by atomic mass is 16.5. The van der Waals surface area contributed by atoms with E-state index in [1.165, 1.54) is 5.57 Å². The van der Waals surface area contributed by atoms with Crippen molar-refractivity contribution >= 4 is 0 Å². The van der Waals surface area contributed by atoms with Crippen molar-refractivity contribution < 1.29 is 4.74 Å². The van der Waals surface area contributed by atoms with Gasteiger partial charge in [-0.3, -0.25) is 0 Å². The second kappa shape index (κ2) is 5.36. The van der Waals surface area contributed by atoms with E-state index >= 15 is 0 Å². The highest BCUT2D eigenvalue weighted by Gasteiger charge is 2.08. The molecular formula is C10H20O. The molecule has 0 aliphatic rings. The van der Waals surface area contributed by atoms with Crippen LogP contribution in [0.4, 0.5) is 0 Å². The summed E-state index contributed by atoms with van der Waals surface area (Å²) in [5, 5.41) is 0. The van der Waals surface area contributed by atoms with Gasteiger partial charge in [0.15, 0.2) is 0 Å². The maximum absolute atomic E-state index is 5.31. The molecule has 0 aromatic heterocycles. The van der Waals surface area contributed by atoms with Crippen molar-refractivity contribution in [3.05, 3.63) is 12.2 Å². The summed E-state index contributed by atoms with van der Waals surface area (Å²) >= 11 is 0. The molecule has 0 radical (unpaired) electrons. The quantitative estimate of drug-likeness (QED) is 0.556. The minimum Gasteiger partial charge on any atom is -0.381 e. The summed E-state index contributed by atoms with van der Waals surface area (Å²) in [6, 6.07) is 0. The Bertz CT molecular complexity index is 116. The smallest absolute Gasteiger partial charge is 0.0610 e. The van der Waals surface area contributed by atoms with E-state index in [2.05, 4.69) is 20.4 Å². The summed E-state index contributed by atoms with van der Waals surface area (Å²) in [4.78, 5) is 0. The predicted molar refractivity (Wildman–Crippen MR) is 49.7 cm³/mol. The van der Waals surface area contributed by atoms with Gasteiger partial charge in [0.05, 0.1) is 6.10 Å². The molecule has 0 aromatic rings. The number of methoxy groups -OCH3 is 1. The standard InChI is InChI=1S/C10H20O/c1-8(2)6-10(11-5)7-9(3)4/h9-10H,1,6-7H2,2-5H3. The molecule has 0 rings (SSSR count). The normalized spacial score (nSPS) is 13.5. The summed E-state index contributed by atoms with van der Waals surface area (Å²) < 4.78 is 5.31. The van der Waals surface area contributed by atoms with Gasteiger partial charge in [-0.05, 0) is 25.7 Å². The van der Waals surface area contributed by atoms with E-state index in [0.717, 1.165) is 12.8 Å². The van der Waals surface area contributed by atoms with Crippen molar-refractivity contribution in [3.63, 3.8) is 0 Å². The third kappa shape index (κ3) is 6.11. The van der Waals surface area contributed by atoms with E-state index in [0.29, 0.717) is 12.0 Å². The lowest BCUT2D eigenvalue weighted by atomic mass is 10.0. The molecule has 1 atom stereocenters. The molecule has 0 aromatic carbocycles. The fourth-order valence-electron chi connectivity index (χ4n) is 1.18. The van der Waals surface area contributed by atoms with Gasteiger partial charge in [0, 0.05) is 7.11 Å². The molecule has 0 aliphatic carbocycles. The molecule has 1 heteroatoms. The van der Waals surface area contributed by atoms with Crippen LogP contribution < -0.4 is 0 Å². The monoisotopic (exact) mass is 156 g/mol. The van der Waals surface area contributed by atoms with E-state index in [-0.39, 0.29) is 0 Å². The van der Waals surface area contributed by atoms with Gasteiger partial charge >= 0.3 is 0 Å². The Morgan fingerprint density at radius 1 is 1.45 bits per heavy atom. The minimum absolute atomic E-state index is 0.368. The first-order valence-electron chi connectivity index (χ1n) is 4.23. The Hall–Kier alpha value is -0.300. The number of hydrogen-bond donors (Lipinski definition) is 0. The zero-order valence-corrected chi connectivity index (χ0v) is 8.18. The number of hydrogen-bond acceptors (Lipinski definition) is 1.